The molecule has 0 saturated heterocycles. The number of fused-ring (bicyclic) bond motifs is 7. The maximum absolute atomic E-state index is 6.89. The molecule has 0 saturated carbocycles. The Labute approximate surface area is 397 Å². The van der Waals surface area contributed by atoms with Crippen LogP contribution in [0.15, 0.2) is 193 Å². The molecule has 6 nitrogen and oxygen atoms in total. The summed E-state index contributed by atoms with van der Waals surface area (Å²) in [5.74, 6) is 1.30. The van der Waals surface area contributed by atoms with Gasteiger partial charge in [0.25, 0.3) is 0 Å². The van der Waals surface area contributed by atoms with E-state index in [1.54, 1.807) is 6.20 Å². The number of rotatable bonds is 7. The van der Waals surface area contributed by atoms with E-state index < -0.39 is 0 Å². The molecule has 0 spiro atoms. The predicted molar refractivity (Wildman–Crippen MR) is 267 cm³/mol. The Hall–Kier alpha value is -7.44. The van der Waals surface area contributed by atoms with Gasteiger partial charge in [-0.05, 0) is 87.6 Å². The maximum atomic E-state index is 6.89. The molecule has 323 valence electrons. The van der Waals surface area contributed by atoms with Crippen LogP contribution in [-0.2, 0) is 20.1 Å². The summed E-state index contributed by atoms with van der Waals surface area (Å²) in [6.45, 7) is 9.12. The van der Waals surface area contributed by atoms with Crippen LogP contribution in [0.25, 0.3) is 99.9 Å². The van der Waals surface area contributed by atoms with Crippen molar-refractivity contribution in [2.45, 2.75) is 39.5 Å². The second kappa shape index (κ2) is 17.9. The molecule has 1 radical (unpaired) electrons. The van der Waals surface area contributed by atoms with Crippen LogP contribution in [0.1, 0.15) is 50.7 Å². The quantitative estimate of drug-likeness (QED) is 0.149. The van der Waals surface area contributed by atoms with Gasteiger partial charge in [-0.2, -0.15) is 0 Å². The fraction of sp³-hybridized carbons (Fsp3) is 0.102. The average molecular weight is 1030 g/mol. The Balaban J connectivity index is 0.000000342. The van der Waals surface area contributed by atoms with E-state index in [-0.39, 0.29) is 31.9 Å². The van der Waals surface area contributed by atoms with Crippen molar-refractivity contribution < 1.29 is 24.5 Å². The number of aromatic nitrogens is 5. The zero-order valence-corrected chi connectivity index (χ0v) is 39.4. The first-order valence-electron chi connectivity index (χ1n) is 22.2. The molecule has 0 amide bonds. The van der Waals surface area contributed by atoms with E-state index in [4.69, 9.17) is 9.40 Å². The Morgan fingerprint density at radius 3 is 1.89 bits per heavy atom. The van der Waals surface area contributed by atoms with Crippen LogP contribution in [0.4, 0.5) is 0 Å². The van der Waals surface area contributed by atoms with Crippen LogP contribution in [-0.4, -0.2) is 24.1 Å². The van der Waals surface area contributed by atoms with Crippen molar-refractivity contribution in [3.05, 3.63) is 212 Å². The van der Waals surface area contributed by atoms with Gasteiger partial charge in [-0.1, -0.05) is 136 Å². The SMILES string of the molecule is CC(C)c1cc(-c2ccccc2)cc(C(C)C)c1-n1c(-c2[c-]cc(-n3c4ccccc4c4ccccc43)c3oc4ccccc4c23)nc2ccncc21.[Ir].[c-]1ccccc1-c1ccccn1. The van der Waals surface area contributed by atoms with Crippen LogP contribution in [0.5, 0.6) is 0 Å². The zero-order valence-electron chi connectivity index (χ0n) is 37.0. The van der Waals surface area contributed by atoms with E-state index in [0.29, 0.717) is 0 Å². The molecule has 0 N–H and O–H groups in total. The Morgan fingerprint density at radius 2 is 1.23 bits per heavy atom. The number of benzene rings is 7. The molecule has 0 atom stereocenters. The molecule has 0 aliphatic heterocycles. The van der Waals surface area contributed by atoms with Crippen LogP contribution in [0.2, 0.25) is 0 Å². The first-order valence-corrected chi connectivity index (χ1v) is 22.2. The minimum absolute atomic E-state index is 0. The summed E-state index contributed by atoms with van der Waals surface area (Å²) in [6.07, 6.45) is 5.56. The molecular weight excluding hydrogens is 987 g/mol. The fourth-order valence-electron chi connectivity index (χ4n) is 9.29. The van der Waals surface area contributed by atoms with E-state index in [1.165, 1.54) is 33.0 Å². The molecule has 0 aliphatic carbocycles. The summed E-state index contributed by atoms with van der Waals surface area (Å²) in [6, 6.07) is 65.6. The van der Waals surface area contributed by atoms with Crippen molar-refractivity contribution in [2.24, 2.45) is 0 Å². The summed E-state index contributed by atoms with van der Waals surface area (Å²) in [4.78, 5) is 14.3. The van der Waals surface area contributed by atoms with E-state index in [9.17, 15) is 0 Å². The molecule has 66 heavy (non-hydrogen) atoms. The third-order valence-corrected chi connectivity index (χ3v) is 12.3. The minimum Gasteiger partial charge on any atom is -0.474 e. The monoisotopic (exact) mass is 1030 g/mol. The number of nitrogens with zero attached hydrogens (tertiary/aromatic N) is 5. The van der Waals surface area contributed by atoms with Crippen molar-refractivity contribution in [3.8, 4) is 45.1 Å². The Bertz CT molecular complexity index is 3540. The van der Waals surface area contributed by atoms with E-state index in [2.05, 4.69) is 174 Å². The van der Waals surface area contributed by atoms with Gasteiger partial charge >= 0.3 is 0 Å². The number of pyridine rings is 2. The zero-order chi connectivity index (χ0) is 44.0. The van der Waals surface area contributed by atoms with Gasteiger partial charge in [0.2, 0.25) is 0 Å². The number of furan rings is 1. The van der Waals surface area contributed by atoms with Gasteiger partial charge in [0.1, 0.15) is 5.58 Å². The number of hydrogen-bond acceptors (Lipinski definition) is 4. The molecule has 0 fully saturated rings. The van der Waals surface area contributed by atoms with Gasteiger partial charge in [0.15, 0.2) is 0 Å². The summed E-state index contributed by atoms with van der Waals surface area (Å²) in [5.41, 5.74) is 15.7. The van der Waals surface area contributed by atoms with Crippen molar-refractivity contribution in [2.75, 3.05) is 0 Å². The average Bonchev–Trinajstić information content (AvgIpc) is 4.05. The van der Waals surface area contributed by atoms with Gasteiger partial charge in [-0.15, -0.1) is 48.0 Å². The van der Waals surface area contributed by atoms with E-state index in [0.717, 1.165) is 78.0 Å². The van der Waals surface area contributed by atoms with Crippen LogP contribution < -0.4 is 0 Å². The minimum atomic E-state index is 0. The largest absolute Gasteiger partial charge is 0.474 e. The molecule has 0 aliphatic rings. The molecule has 7 heteroatoms. The molecule has 12 aromatic rings. The summed E-state index contributed by atoms with van der Waals surface area (Å²) in [5, 5.41) is 4.42. The summed E-state index contributed by atoms with van der Waals surface area (Å²) >= 11 is 0. The van der Waals surface area contributed by atoms with Crippen molar-refractivity contribution in [1.29, 1.82) is 0 Å². The molecule has 5 aromatic heterocycles. The van der Waals surface area contributed by atoms with Gasteiger partial charge in [-0.25, -0.2) is 0 Å². The van der Waals surface area contributed by atoms with Gasteiger partial charge in [0.05, 0.1) is 28.6 Å². The normalized spacial score (nSPS) is 11.5. The topological polar surface area (TPSA) is 61.7 Å². The van der Waals surface area contributed by atoms with Gasteiger partial charge in [-0.3, -0.25) is 9.97 Å². The Morgan fingerprint density at radius 1 is 0.576 bits per heavy atom. The first-order chi connectivity index (χ1) is 31.9. The number of imidazole rings is 1. The van der Waals surface area contributed by atoms with Gasteiger partial charge in [0, 0.05) is 65.7 Å². The molecule has 0 bridgehead atoms. The van der Waals surface area contributed by atoms with E-state index >= 15 is 0 Å². The van der Waals surface area contributed by atoms with Crippen molar-refractivity contribution >= 4 is 54.8 Å². The van der Waals surface area contributed by atoms with Crippen LogP contribution in [0, 0.1) is 12.1 Å². The van der Waals surface area contributed by atoms with Crippen LogP contribution >= 0.6 is 0 Å². The van der Waals surface area contributed by atoms with Gasteiger partial charge < -0.3 is 18.5 Å². The second-order valence-electron chi connectivity index (χ2n) is 17.0. The third-order valence-electron chi connectivity index (χ3n) is 12.3. The molecule has 12 rings (SSSR count). The first kappa shape index (κ1) is 42.5. The van der Waals surface area contributed by atoms with E-state index in [1.807, 2.05) is 67.0 Å². The molecular formula is C59H45IrN5O-2. The number of hydrogen-bond donors (Lipinski definition) is 0. The molecule has 7 aromatic carbocycles. The number of para-hydroxylation sites is 3. The fourth-order valence-corrected chi connectivity index (χ4v) is 9.29. The third kappa shape index (κ3) is 7.40. The van der Waals surface area contributed by atoms with Crippen molar-refractivity contribution in [1.82, 2.24) is 24.1 Å². The Kier molecular flexibility index (Phi) is 11.5. The summed E-state index contributed by atoms with van der Waals surface area (Å²) < 4.78 is 11.5. The molecule has 0 unspecified atom stereocenters. The standard InChI is InChI=1S/C48H37N4O.C11H8N.Ir/c1-29(2)37-26-32(31-14-6-5-7-15-31)27-38(30(3)4)46(37)52-43-28-49-25-24-39(43)50-48(52)36-22-23-42(47-45(36)35-18-10-13-21-44(35)53-47)51-40-19-11-8-16-33(40)34-17-9-12-20-41(34)51;1-2-6-10(7-3-1)11-8-4-5-9-12-11;/h5-21,23-30H,1-4H3;1-6,8-9H;/q2*-1;. The van der Waals surface area contributed by atoms with Crippen molar-refractivity contribution in [3.63, 3.8) is 0 Å². The summed E-state index contributed by atoms with van der Waals surface area (Å²) in [7, 11) is 0. The maximum Gasteiger partial charge on any atom is 0.123 e. The van der Waals surface area contributed by atoms with Crippen LogP contribution in [0.3, 0.4) is 0 Å². The molecule has 5 heterocycles. The second-order valence-corrected chi connectivity index (χ2v) is 17.0. The predicted octanol–water partition coefficient (Wildman–Crippen LogP) is 15.3. The smallest absolute Gasteiger partial charge is 0.123 e.